The average Bonchev–Trinajstić information content (AvgIpc) is 3.41. The number of halogens is 3. The first-order valence-electron chi connectivity index (χ1n) is 12.6. The molecule has 39 heavy (non-hydrogen) atoms. The molecule has 12 heteroatoms. The molecule has 0 bridgehead atoms. The summed E-state index contributed by atoms with van der Waals surface area (Å²) >= 11 is 0. The number of aromatic nitrogens is 3. The predicted molar refractivity (Wildman–Crippen MR) is 142 cm³/mol. The first-order chi connectivity index (χ1) is 18.8. The smallest absolute Gasteiger partial charge is 0.416 e. The molecule has 0 spiro atoms. The summed E-state index contributed by atoms with van der Waals surface area (Å²) in [5, 5.41) is 5.85. The summed E-state index contributed by atoms with van der Waals surface area (Å²) in [4.78, 5) is 28.1. The van der Waals surface area contributed by atoms with Gasteiger partial charge in [-0.15, -0.1) is 0 Å². The van der Waals surface area contributed by atoms with Crippen LogP contribution in [-0.4, -0.2) is 63.5 Å². The molecule has 3 heterocycles. The summed E-state index contributed by atoms with van der Waals surface area (Å²) in [6, 6.07) is 11.6. The van der Waals surface area contributed by atoms with Crippen LogP contribution < -0.4 is 15.4 Å². The van der Waals surface area contributed by atoms with Gasteiger partial charge in [0.2, 0.25) is 5.88 Å². The lowest BCUT2D eigenvalue weighted by Gasteiger charge is -2.34. The monoisotopic (exact) mass is 539 g/mol. The molecule has 1 aliphatic heterocycles. The maximum atomic E-state index is 13.9. The lowest BCUT2D eigenvalue weighted by molar-refractivity contribution is -0.138. The van der Waals surface area contributed by atoms with Crippen molar-refractivity contribution in [2.45, 2.75) is 19.6 Å². The molecule has 204 valence electrons. The van der Waals surface area contributed by atoms with Crippen LogP contribution in [0.4, 0.5) is 29.3 Å². The van der Waals surface area contributed by atoms with Gasteiger partial charge in [-0.3, -0.25) is 4.90 Å². The van der Waals surface area contributed by atoms with Crippen molar-refractivity contribution in [3.8, 4) is 11.6 Å². The number of fused-ring (bicyclic) bond motifs is 1. The Kier molecular flexibility index (Phi) is 7.66. The maximum Gasteiger partial charge on any atom is 0.416 e. The Morgan fingerprint density at radius 1 is 0.974 bits per heavy atom. The number of benzene rings is 2. The molecule has 3 N–H and O–H groups in total. The molecule has 5 rings (SSSR count). The van der Waals surface area contributed by atoms with Crippen LogP contribution in [0.2, 0.25) is 0 Å². The standard InChI is InChI=1S/C27H28F3N7O2/c1-2-36-11-13-37(14-12-36)16-18-3-4-20(15-23(18)27(28,29)30)35-26(38)34-19-5-7-21(8-6-19)39-25-22-9-10-31-24(22)32-17-33-25/h3-10,15,17H,2,11-14,16H2,1H3,(H,31,32,33)(H2,34,35,38). The molecule has 9 nitrogen and oxygen atoms in total. The van der Waals surface area contributed by atoms with E-state index in [-0.39, 0.29) is 17.8 Å². The van der Waals surface area contributed by atoms with Crippen molar-refractivity contribution in [2.75, 3.05) is 43.4 Å². The van der Waals surface area contributed by atoms with E-state index in [1.807, 2.05) is 4.90 Å². The van der Waals surface area contributed by atoms with Crippen molar-refractivity contribution in [1.29, 1.82) is 0 Å². The molecule has 0 radical (unpaired) electrons. The first-order valence-corrected chi connectivity index (χ1v) is 12.6. The van der Waals surface area contributed by atoms with E-state index in [4.69, 9.17) is 4.74 Å². The molecule has 0 unspecified atom stereocenters. The number of ether oxygens (including phenoxy) is 1. The Balaban J connectivity index is 1.21. The number of urea groups is 1. The molecule has 1 saturated heterocycles. The SMILES string of the molecule is CCN1CCN(Cc2ccc(NC(=O)Nc3ccc(Oc4ncnc5[nH]ccc45)cc3)cc2C(F)(F)F)CC1. The summed E-state index contributed by atoms with van der Waals surface area (Å²) in [6.45, 7) is 6.32. The number of nitrogens with zero attached hydrogens (tertiary/aromatic N) is 4. The number of carbonyl (C=O) groups is 1. The van der Waals surface area contributed by atoms with Crippen molar-refractivity contribution in [3.63, 3.8) is 0 Å². The molecule has 1 aliphatic rings. The molecular weight excluding hydrogens is 511 g/mol. The Labute approximate surface area is 223 Å². The zero-order valence-corrected chi connectivity index (χ0v) is 21.3. The number of H-pyrrole nitrogens is 1. The van der Waals surface area contributed by atoms with E-state index in [0.29, 0.717) is 36.1 Å². The van der Waals surface area contributed by atoms with Gasteiger partial charge in [-0.05, 0) is 54.6 Å². The number of alkyl halides is 3. The minimum atomic E-state index is -4.54. The number of likely N-dealkylation sites (N-methyl/N-ethyl adjacent to an activating group) is 1. The van der Waals surface area contributed by atoms with E-state index in [1.54, 1.807) is 36.5 Å². The Morgan fingerprint density at radius 2 is 1.67 bits per heavy atom. The number of aromatic amines is 1. The van der Waals surface area contributed by atoms with Gasteiger partial charge in [-0.1, -0.05) is 13.0 Å². The normalized spacial score (nSPS) is 14.9. The van der Waals surface area contributed by atoms with Gasteiger partial charge in [0.05, 0.1) is 10.9 Å². The van der Waals surface area contributed by atoms with E-state index < -0.39 is 17.8 Å². The summed E-state index contributed by atoms with van der Waals surface area (Å²) in [6.07, 6.45) is -1.42. The quantitative estimate of drug-likeness (QED) is 0.285. The highest BCUT2D eigenvalue weighted by Gasteiger charge is 2.34. The summed E-state index contributed by atoms with van der Waals surface area (Å²) < 4.78 is 47.4. The largest absolute Gasteiger partial charge is 0.438 e. The van der Waals surface area contributed by atoms with Crippen LogP contribution in [-0.2, 0) is 12.7 Å². The molecule has 4 aromatic rings. The first kappa shape index (κ1) is 26.4. The van der Waals surface area contributed by atoms with E-state index in [9.17, 15) is 18.0 Å². The van der Waals surface area contributed by atoms with Crippen LogP contribution >= 0.6 is 0 Å². The molecular formula is C27H28F3N7O2. The fraction of sp³-hybridized carbons (Fsp3) is 0.296. The van der Waals surface area contributed by atoms with Crippen LogP contribution in [0.3, 0.4) is 0 Å². The number of piperazine rings is 1. The fourth-order valence-corrected chi connectivity index (χ4v) is 4.50. The van der Waals surface area contributed by atoms with Gasteiger partial charge in [0.15, 0.2) is 0 Å². The van der Waals surface area contributed by atoms with Gasteiger partial charge in [0.1, 0.15) is 17.7 Å². The highest BCUT2D eigenvalue weighted by molar-refractivity contribution is 5.99. The van der Waals surface area contributed by atoms with Crippen molar-refractivity contribution < 1.29 is 22.7 Å². The molecule has 1 fully saturated rings. The molecule has 2 amide bonds. The van der Waals surface area contributed by atoms with Gasteiger partial charge in [-0.2, -0.15) is 13.2 Å². The molecule has 0 atom stereocenters. The number of nitrogens with one attached hydrogen (secondary N) is 3. The van der Waals surface area contributed by atoms with Gasteiger partial charge in [0, 0.05) is 50.3 Å². The number of hydrogen-bond acceptors (Lipinski definition) is 6. The van der Waals surface area contributed by atoms with Gasteiger partial charge in [0.25, 0.3) is 0 Å². The molecule has 0 aliphatic carbocycles. The van der Waals surface area contributed by atoms with Crippen LogP contribution in [0.1, 0.15) is 18.1 Å². The van der Waals surface area contributed by atoms with Gasteiger partial charge in [-0.25, -0.2) is 14.8 Å². The zero-order chi connectivity index (χ0) is 27.4. The second-order valence-electron chi connectivity index (χ2n) is 9.20. The topological polar surface area (TPSA) is 98.4 Å². The van der Waals surface area contributed by atoms with E-state index >= 15 is 0 Å². The highest BCUT2D eigenvalue weighted by Crippen LogP contribution is 2.35. The van der Waals surface area contributed by atoms with Crippen LogP contribution in [0.25, 0.3) is 11.0 Å². The Morgan fingerprint density at radius 3 is 2.38 bits per heavy atom. The third-order valence-corrected chi connectivity index (χ3v) is 6.62. The molecule has 2 aromatic heterocycles. The predicted octanol–water partition coefficient (Wildman–Crippen LogP) is 5.55. The van der Waals surface area contributed by atoms with Gasteiger partial charge >= 0.3 is 12.2 Å². The zero-order valence-electron chi connectivity index (χ0n) is 21.3. The maximum absolute atomic E-state index is 13.9. The second-order valence-corrected chi connectivity index (χ2v) is 9.20. The number of rotatable bonds is 7. The average molecular weight is 540 g/mol. The van der Waals surface area contributed by atoms with Crippen LogP contribution in [0.15, 0.2) is 61.1 Å². The number of hydrogen-bond donors (Lipinski definition) is 3. The molecule has 2 aromatic carbocycles. The Bertz CT molecular complexity index is 1430. The lowest BCUT2D eigenvalue weighted by Crippen LogP contribution is -2.45. The van der Waals surface area contributed by atoms with Crippen molar-refractivity contribution in [2.24, 2.45) is 0 Å². The number of amides is 2. The minimum Gasteiger partial charge on any atom is -0.438 e. The minimum absolute atomic E-state index is 0.0543. The van der Waals surface area contributed by atoms with E-state index in [2.05, 4.69) is 37.4 Å². The van der Waals surface area contributed by atoms with E-state index in [1.165, 1.54) is 18.5 Å². The van der Waals surface area contributed by atoms with E-state index in [0.717, 1.165) is 31.1 Å². The summed E-state index contributed by atoms with van der Waals surface area (Å²) in [5.41, 5.74) is 0.578. The third-order valence-electron chi connectivity index (χ3n) is 6.62. The second kappa shape index (κ2) is 11.3. The van der Waals surface area contributed by atoms with Crippen LogP contribution in [0, 0.1) is 0 Å². The lowest BCUT2D eigenvalue weighted by atomic mass is 10.0. The van der Waals surface area contributed by atoms with Crippen molar-refractivity contribution in [1.82, 2.24) is 24.8 Å². The number of carbonyl (C=O) groups excluding carboxylic acids is 1. The summed E-state index contributed by atoms with van der Waals surface area (Å²) in [7, 11) is 0. The van der Waals surface area contributed by atoms with Crippen molar-refractivity contribution >= 4 is 28.4 Å². The summed E-state index contributed by atoms with van der Waals surface area (Å²) in [5.74, 6) is 0.871. The number of anilines is 2. The molecule has 0 saturated carbocycles. The third kappa shape index (κ3) is 6.47. The van der Waals surface area contributed by atoms with Gasteiger partial charge < -0.3 is 25.3 Å². The highest BCUT2D eigenvalue weighted by atomic mass is 19.4. The fourth-order valence-electron chi connectivity index (χ4n) is 4.50. The Hall–Kier alpha value is -4.16. The van der Waals surface area contributed by atoms with Crippen molar-refractivity contribution in [3.05, 3.63) is 72.2 Å². The van der Waals surface area contributed by atoms with Crippen LogP contribution in [0.5, 0.6) is 11.6 Å².